The molecule has 1 aliphatic rings. The van der Waals surface area contributed by atoms with E-state index in [-0.39, 0.29) is 10.3 Å². The number of aryl methyl sites for hydroxylation is 1. The predicted octanol–water partition coefficient (Wildman–Crippen LogP) is 3.91. The molecule has 1 unspecified atom stereocenters. The first-order valence-corrected chi connectivity index (χ1v) is 11.5. The normalized spacial score (nSPS) is 17.8. The van der Waals surface area contributed by atoms with Crippen LogP contribution in [0, 0.1) is 6.92 Å². The lowest BCUT2D eigenvalue weighted by atomic mass is 9.85. The number of benzene rings is 1. The highest BCUT2D eigenvalue weighted by atomic mass is 32.2. The van der Waals surface area contributed by atoms with E-state index in [0.717, 1.165) is 35.4 Å². The minimum atomic E-state index is -3.61. The van der Waals surface area contributed by atoms with E-state index in [1.807, 2.05) is 12.1 Å². The predicted molar refractivity (Wildman–Crippen MR) is 108 cm³/mol. The van der Waals surface area contributed by atoms with Gasteiger partial charge in [-0.3, -0.25) is 0 Å². The maximum atomic E-state index is 12.9. The van der Waals surface area contributed by atoms with Gasteiger partial charge in [0.2, 0.25) is 10.0 Å². The summed E-state index contributed by atoms with van der Waals surface area (Å²) in [5, 5.41) is 9.83. The van der Waals surface area contributed by atoms with Crippen molar-refractivity contribution in [2.24, 2.45) is 0 Å². The summed E-state index contributed by atoms with van der Waals surface area (Å²) in [6.45, 7) is 3.91. The standard InChI is InChI=1S/C20H27NO4S2/c1-14-12-16(25-3)6-8-18(14)27(23,24)21-13-20(10-4-5-11-20)19-9-7-17(26-19)15(2)22/h6-9,12,15,21-22H,4-5,10-11,13H2,1-3H3. The van der Waals surface area contributed by atoms with E-state index in [9.17, 15) is 13.5 Å². The Morgan fingerprint density at radius 3 is 2.52 bits per heavy atom. The minimum absolute atomic E-state index is 0.189. The van der Waals surface area contributed by atoms with Crippen LogP contribution in [0.5, 0.6) is 5.75 Å². The fraction of sp³-hybridized carbons (Fsp3) is 0.500. The number of rotatable bonds is 7. The van der Waals surface area contributed by atoms with Gasteiger partial charge in [0.05, 0.1) is 18.1 Å². The van der Waals surface area contributed by atoms with Gasteiger partial charge in [-0.2, -0.15) is 0 Å². The number of sulfonamides is 1. The van der Waals surface area contributed by atoms with Crippen molar-refractivity contribution >= 4 is 21.4 Å². The number of thiophene rings is 1. The molecule has 1 aromatic carbocycles. The number of ether oxygens (including phenoxy) is 1. The molecule has 1 fully saturated rings. The second-order valence-electron chi connectivity index (χ2n) is 7.32. The van der Waals surface area contributed by atoms with Gasteiger partial charge in [-0.25, -0.2) is 13.1 Å². The first-order chi connectivity index (χ1) is 12.8. The molecular formula is C20H27NO4S2. The van der Waals surface area contributed by atoms with Gasteiger partial charge >= 0.3 is 0 Å². The van der Waals surface area contributed by atoms with Crippen LogP contribution in [0.25, 0.3) is 0 Å². The Kier molecular flexibility index (Phi) is 5.96. The zero-order valence-corrected chi connectivity index (χ0v) is 17.6. The number of aliphatic hydroxyl groups is 1. The number of nitrogens with one attached hydrogen (secondary N) is 1. The number of methoxy groups -OCH3 is 1. The van der Waals surface area contributed by atoms with Crippen LogP contribution < -0.4 is 9.46 Å². The molecule has 1 heterocycles. The summed E-state index contributed by atoms with van der Waals surface area (Å²) in [5.41, 5.74) is 0.473. The third kappa shape index (κ3) is 4.21. The van der Waals surface area contributed by atoms with Crippen molar-refractivity contribution in [2.75, 3.05) is 13.7 Å². The number of aliphatic hydroxyl groups excluding tert-OH is 1. The van der Waals surface area contributed by atoms with Gasteiger partial charge in [0.15, 0.2) is 0 Å². The molecule has 3 rings (SSSR count). The van der Waals surface area contributed by atoms with E-state index in [1.165, 1.54) is 0 Å². The van der Waals surface area contributed by atoms with E-state index >= 15 is 0 Å². The van der Waals surface area contributed by atoms with Crippen LogP contribution >= 0.6 is 11.3 Å². The molecular weight excluding hydrogens is 382 g/mol. The van der Waals surface area contributed by atoms with Crippen LogP contribution in [0.3, 0.4) is 0 Å². The van der Waals surface area contributed by atoms with Gasteiger partial charge in [-0.1, -0.05) is 12.8 Å². The van der Waals surface area contributed by atoms with E-state index in [1.54, 1.807) is 50.5 Å². The van der Waals surface area contributed by atoms with Gasteiger partial charge in [0, 0.05) is 21.7 Å². The minimum Gasteiger partial charge on any atom is -0.497 e. The highest BCUT2D eigenvalue weighted by molar-refractivity contribution is 7.89. The van der Waals surface area contributed by atoms with Crippen molar-refractivity contribution in [1.82, 2.24) is 4.72 Å². The summed E-state index contributed by atoms with van der Waals surface area (Å²) in [6, 6.07) is 8.99. The average molecular weight is 410 g/mol. The van der Waals surface area contributed by atoms with Crippen LogP contribution in [0.2, 0.25) is 0 Å². The molecule has 1 atom stereocenters. The second kappa shape index (κ2) is 7.91. The Bertz CT molecular complexity index is 896. The van der Waals surface area contributed by atoms with Gasteiger partial charge in [-0.05, 0) is 62.6 Å². The Morgan fingerprint density at radius 1 is 1.26 bits per heavy atom. The number of hydrogen-bond donors (Lipinski definition) is 2. The Hall–Kier alpha value is -1.41. The third-order valence-electron chi connectivity index (χ3n) is 5.39. The molecule has 0 aliphatic heterocycles. The molecule has 148 valence electrons. The summed E-state index contributed by atoms with van der Waals surface area (Å²) < 4.78 is 33.8. The maximum absolute atomic E-state index is 12.9. The van der Waals surface area contributed by atoms with Crippen molar-refractivity contribution in [2.45, 2.75) is 55.9 Å². The van der Waals surface area contributed by atoms with Crippen LogP contribution in [0.15, 0.2) is 35.2 Å². The highest BCUT2D eigenvalue weighted by Gasteiger charge is 2.38. The first kappa shape index (κ1) is 20.3. The average Bonchev–Trinajstić information content (AvgIpc) is 3.30. The molecule has 0 saturated heterocycles. The first-order valence-electron chi connectivity index (χ1n) is 9.20. The van der Waals surface area contributed by atoms with Crippen molar-refractivity contribution in [3.8, 4) is 5.75 Å². The second-order valence-corrected chi connectivity index (χ2v) is 10.2. The monoisotopic (exact) mass is 409 g/mol. The molecule has 2 N–H and O–H groups in total. The van der Waals surface area contributed by atoms with Gasteiger partial charge in [0.1, 0.15) is 5.75 Å². The molecule has 27 heavy (non-hydrogen) atoms. The summed E-state index contributed by atoms with van der Waals surface area (Å²) in [7, 11) is -2.05. The quantitative estimate of drug-likeness (QED) is 0.727. The lowest BCUT2D eigenvalue weighted by Gasteiger charge is -2.28. The zero-order chi connectivity index (χ0) is 19.7. The largest absolute Gasteiger partial charge is 0.497 e. The van der Waals surface area contributed by atoms with Gasteiger partial charge < -0.3 is 9.84 Å². The van der Waals surface area contributed by atoms with Crippen molar-refractivity contribution in [1.29, 1.82) is 0 Å². The maximum Gasteiger partial charge on any atom is 0.240 e. The molecule has 7 heteroatoms. The topological polar surface area (TPSA) is 75.6 Å². The molecule has 0 bridgehead atoms. The van der Waals surface area contributed by atoms with Crippen LogP contribution in [0.4, 0.5) is 0 Å². The molecule has 5 nitrogen and oxygen atoms in total. The molecule has 1 aromatic heterocycles. The summed E-state index contributed by atoms with van der Waals surface area (Å²) >= 11 is 1.59. The molecule has 0 spiro atoms. The van der Waals surface area contributed by atoms with Gasteiger partial charge in [-0.15, -0.1) is 11.3 Å². The highest BCUT2D eigenvalue weighted by Crippen LogP contribution is 2.44. The molecule has 2 aromatic rings. The van der Waals surface area contributed by atoms with E-state index < -0.39 is 16.1 Å². The fourth-order valence-electron chi connectivity index (χ4n) is 3.79. The van der Waals surface area contributed by atoms with Crippen LogP contribution in [-0.4, -0.2) is 27.2 Å². The Labute approximate surface area is 165 Å². The molecule has 1 saturated carbocycles. The van der Waals surface area contributed by atoms with Crippen molar-refractivity contribution in [3.63, 3.8) is 0 Å². The van der Waals surface area contributed by atoms with Crippen molar-refractivity contribution < 1.29 is 18.3 Å². The van der Waals surface area contributed by atoms with E-state index in [2.05, 4.69) is 4.72 Å². The summed E-state index contributed by atoms with van der Waals surface area (Å²) in [5.74, 6) is 0.642. The fourth-order valence-corrected chi connectivity index (χ4v) is 6.33. The third-order valence-corrected chi connectivity index (χ3v) is 8.46. The lowest BCUT2D eigenvalue weighted by molar-refractivity contribution is 0.203. The molecule has 0 radical (unpaired) electrons. The van der Waals surface area contributed by atoms with E-state index in [4.69, 9.17) is 4.74 Å². The smallest absolute Gasteiger partial charge is 0.240 e. The van der Waals surface area contributed by atoms with E-state index in [0.29, 0.717) is 17.9 Å². The van der Waals surface area contributed by atoms with Gasteiger partial charge in [0.25, 0.3) is 0 Å². The Morgan fingerprint density at radius 2 is 1.96 bits per heavy atom. The molecule has 0 amide bonds. The van der Waals surface area contributed by atoms with Crippen LogP contribution in [0.1, 0.15) is 54.0 Å². The SMILES string of the molecule is COc1ccc(S(=O)(=O)NCC2(c3ccc(C(C)O)s3)CCCC2)c(C)c1. The number of hydrogen-bond acceptors (Lipinski definition) is 5. The van der Waals surface area contributed by atoms with Crippen molar-refractivity contribution in [3.05, 3.63) is 45.6 Å². The molecule has 1 aliphatic carbocycles. The summed E-state index contributed by atoms with van der Waals surface area (Å²) in [6.07, 6.45) is 3.59. The Balaban J connectivity index is 1.83. The zero-order valence-electron chi connectivity index (χ0n) is 16.0. The summed E-state index contributed by atoms with van der Waals surface area (Å²) in [4.78, 5) is 2.36. The lowest BCUT2D eigenvalue weighted by Crippen LogP contribution is -2.38. The van der Waals surface area contributed by atoms with Crippen LogP contribution in [-0.2, 0) is 15.4 Å².